The third-order valence-corrected chi connectivity index (χ3v) is 3.15. The highest BCUT2D eigenvalue weighted by atomic mass is 16.5. The van der Waals surface area contributed by atoms with E-state index < -0.39 is 29.0 Å². The molecular formula is C15H19N3O7. The predicted molar refractivity (Wildman–Crippen MR) is 87.2 cm³/mol. The van der Waals surface area contributed by atoms with Gasteiger partial charge in [0.1, 0.15) is 13.2 Å². The maximum Gasteiger partial charge on any atom is 0.336 e. The van der Waals surface area contributed by atoms with Gasteiger partial charge in [-0.25, -0.2) is 37.7 Å². The van der Waals surface area contributed by atoms with Gasteiger partial charge in [-0.05, 0) is 6.92 Å². The van der Waals surface area contributed by atoms with Gasteiger partial charge in [0.25, 0.3) is 0 Å². The van der Waals surface area contributed by atoms with Crippen LogP contribution in [0.1, 0.15) is 6.92 Å². The summed E-state index contributed by atoms with van der Waals surface area (Å²) in [5, 5.41) is 0. The monoisotopic (exact) mass is 353 g/mol. The lowest BCUT2D eigenvalue weighted by Crippen LogP contribution is -2.55. The molecule has 0 aliphatic rings. The van der Waals surface area contributed by atoms with Crippen LogP contribution in [0.3, 0.4) is 0 Å². The minimum atomic E-state index is -0.885. The molecule has 1 heterocycles. The number of carbonyl (C=O) groups excluding carboxylic acids is 2. The highest BCUT2D eigenvalue weighted by molar-refractivity contribution is 5.81. The third-order valence-electron chi connectivity index (χ3n) is 3.15. The highest BCUT2D eigenvalue weighted by Gasteiger charge is 2.15. The summed E-state index contributed by atoms with van der Waals surface area (Å²) in [6.07, 6.45) is 1.89. The zero-order valence-electron chi connectivity index (χ0n) is 13.8. The number of nitrogens with zero attached hydrogens (tertiary/aromatic N) is 3. The lowest BCUT2D eigenvalue weighted by atomic mass is 10.5. The Hall–Kier alpha value is -3.17. The van der Waals surface area contributed by atoms with Crippen LogP contribution >= 0.6 is 0 Å². The largest absolute Gasteiger partial charge is 0.461 e. The van der Waals surface area contributed by atoms with Crippen LogP contribution in [-0.4, -0.2) is 38.9 Å². The van der Waals surface area contributed by atoms with Gasteiger partial charge in [0.15, 0.2) is 0 Å². The molecule has 10 nitrogen and oxygen atoms in total. The van der Waals surface area contributed by atoms with E-state index in [4.69, 9.17) is 9.47 Å². The van der Waals surface area contributed by atoms with Crippen molar-refractivity contribution in [3.05, 3.63) is 56.8 Å². The Labute approximate surface area is 142 Å². The Kier molecular flexibility index (Phi) is 7.32. The Bertz CT molecular complexity index is 780. The predicted octanol–water partition coefficient (Wildman–Crippen LogP) is -1.35. The molecule has 10 heteroatoms. The van der Waals surface area contributed by atoms with Crippen molar-refractivity contribution in [2.45, 2.75) is 26.6 Å². The van der Waals surface area contributed by atoms with Crippen molar-refractivity contribution in [3.63, 3.8) is 0 Å². The van der Waals surface area contributed by atoms with E-state index in [1.54, 1.807) is 6.92 Å². The lowest BCUT2D eigenvalue weighted by Gasteiger charge is -2.13. The van der Waals surface area contributed by atoms with E-state index in [2.05, 4.69) is 13.2 Å². The lowest BCUT2D eigenvalue weighted by molar-refractivity contribution is -0.138. The van der Waals surface area contributed by atoms with Crippen LogP contribution < -0.4 is 17.1 Å². The summed E-state index contributed by atoms with van der Waals surface area (Å²) in [5.41, 5.74) is -2.51. The number of esters is 2. The third kappa shape index (κ3) is 4.90. The summed E-state index contributed by atoms with van der Waals surface area (Å²) in [6.45, 7) is 7.11. The zero-order chi connectivity index (χ0) is 19.0. The van der Waals surface area contributed by atoms with Crippen LogP contribution in [-0.2, 0) is 38.7 Å². The van der Waals surface area contributed by atoms with Crippen LogP contribution in [0.25, 0.3) is 0 Å². The number of hydrogen-bond donors (Lipinski definition) is 0. The summed E-state index contributed by atoms with van der Waals surface area (Å²) in [5.74, 6) is -1.40. The maximum absolute atomic E-state index is 12.4. The first-order valence-corrected chi connectivity index (χ1v) is 7.40. The molecule has 0 amide bonds. The molecule has 0 bridgehead atoms. The Morgan fingerprint density at radius 2 is 1.20 bits per heavy atom. The summed E-state index contributed by atoms with van der Waals surface area (Å²) < 4.78 is 11.9. The molecule has 0 radical (unpaired) electrons. The van der Waals surface area contributed by atoms with Crippen molar-refractivity contribution in [3.8, 4) is 0 Å². The second kappa shape index (κ2) is 9.21. The number of ether oxygens (including phenoxy) is 2. The van der Waals surface area contributed by atoms with Crippen molar-refractivity contribution in [2.75, 3.05) is 13.2 Å². The van der Waals surface area contributed by atoms with Crippen LogP contribution in [0, 0.1) is 0 Å². The highest BCUT2D eigenvalue weighted by Crippen LogP contribution is 1.84. The van der Waals surface area contributed by atoms with Crippen molar-refractivity contribution in [1.82, 2.24) is 13.7 Å². The van der Waals surface area contributed by atoms with E-state index in [0.29, 0.717) is 0 Å². The van der Waals surface area contributed by atoms with Crippen LogP contribution in [0.4, 0.5) is 0 Å². The number of hydrogen-bond acceptors (Lipinski definition) is 7. The molecule has 136 valence electrons. The van der Waals surface area contributed by atoms with E-state index >= 15 is 0 Å². The number of carbonyl (C=O) groups is 2. The van der Waals surface area contributed by atoms with Gasteiger partial charge in [0, 0.05) is 18.7 Å². The molecule has 1 aromatic heterocycles. The first-order chi connectivity index (χ1) is 11.9. The van der Waals surface area contributed by atoms with Crippen molar-refractivity contribution in [1.29, 1.82) is 0 Å². The fourth-order valence-corrected chi connectivity index (χ4v) is 1.93. The fourth-order valence-electron chi connectivity index (χ4n) is 1.93. The summed E-state index contributed by atoms with van der Waals surface area (Å²) >= 11 is 0. The van der Waals surface area contributed by atoms with E-state index in [1.807, 2.05) is 0 Å². The fraction of sp³-hybridized carbons (Fsp3) is 0.400. The summed E-state index contributed by atoms with van der Waals surface area (Å²) in [7, 11) is 0. The number of aromatic nitrogens is 3. The standard InChI is InChI=1S/C15H19N3O7/c1-4-11(19)24-9-7-17-13(21)16(6-3)14(22)18(15(17)23)8-10-25-12(20)5-2/h4-5H,1-2,6-10H2,3H3. The van der Waals surface area contributed by atoms with Gasteiger partial charge >= 0.3 is 29.0 Å². The first kappa shape index (κ1) is 19.9. The van der Waals surface area contributed by atoms with Gasteiger partial charge in [-0.2, -0.15) is 0 Å². The van der Waals surface area contributed by atoms with E-state index in [1.165, 1.54) is 0 Å². The molecule has 0 aliphatic carbocycles. The molecule has 0 aliphatic heterocycles. The second-order valence-corrected chi connectivity index (χ2v) is 4.64. The molecule has 0 saturated heterocycles. The normalized spacial score (nSPS) is 10.1. The zero-order valence-corrected chi connectivity index (χ0v) is 13.8. The van der Waals surface area contributed by atoms with Gasteiger partial charge in [0.05, 0.1) is 13.1 Å². The average molecular weight is 353 g/mol. The second-order valence-electron chi connectivity index (χ2n) is 4.64. The number of rotatable bonds is 9. The van der Waals surface area contributed by atoms with Crippen LogP contribution in [0.5, 0.6) is 0 Å². The molecule has 1 aromatic rings. The van der Waals surface area contributed by atoms with Crippen LogP contribution in [0.2, 0.25) is 0 Å². The minimum absolute atomic E-state index is 0.0385. The minimum Gasteiger partial charge on any atom is -0.461 e. The molecule has 0 spiro atoms. The van der Waals surface area contributed by atoms with Crippen molar-refractivity contribution < 1.29 is 19.1 Å². The van der Waals surface area contributed by atoms with Crippen LogP contribution in [0.15, 0.2) is 39.7 Å². The molecule has 0 atom stereocenters. The smallest absolute Gasteiger partial charge is 0.336 e. The SMILES string of the molecule is C=CC(=O)OCCn1c(=O)n(CC)c(=O)n(CCOC(=O)C=C)c1=O. The van der Waals surface area contributed by atoms with Gasteiger partial charge in [0.2, 0.25) is 0 Å². The summed E-state index contributed by atoms with van der Waals surface area (Å²) in [4.78, 5) is 58.9. The Balaban J connectivity index is 3.15. The molecule has 0 fully saturated rings. The maximum atomic E-state index is 12.4. The molecular weight excluding hydrogens is 334 g/mol. The molecule has 25 heavy (non-hydrogen) atoms. The molecule has 0 N–H and O–H groups in total. The molecule has 1 rings (SSSR count). The average Bonchev–Trinajstić information content (AvgIpc) is 2.60. The molecule has 0 unspecified atom stereocenters. The first-order valence-electron chi connectivity index (χ1n) is 7.40. The van der Waals surface area contributed by atoms with Gasteiger partial charge in [-0.1, -0.05) is 13.2 Å². The van der Waals surface area contributed by atoms with Crippen molar-refractivity contribution >= 4 is 11.9 Å². The topological polar surface area (TPSA) is 119 Å². The quantitative estimate of drug-likeness (QED) is 0.398. The van der Waals surface area contributed by atoms with E-state index in [-0.39, 0.29) is 32.8 Å². The Morgan fingerprint density at radius 1 is 0.840 bits per heavy atom. The van der Waals surface area contributed by atoms with Gasteiger partial charge < -0.3 is 9.47 Å². The molecule has 0 aromatic carbocycles. The Morgan fingerprint density at radius 3 is 1.52 bits per heavy atom. The summed E-state index contributed by atoms with van der Waals surface area (Å²) in [6, 6.07) is 0. The van der Waals surface area contributed by atoms with E-state index in [0.717, 1.165) is 25.9 Å². The van der Waals surface area contributed by atoms with Crippen molar-refractivity contribution in [2.24, 2.45) is 0 Å². The molecule has 0 saturated carbocycles. The van der Waals surface area contributed by atoms with Gasteiger partial charge in [-0.15, -0.1) is 0 Å². The van der Waals surface area contributed by atoms with E-state index in [9.17, 15) is 24.0 Å². The van der Waals surface area contributed by atoms with Gasteiger partial charge in [-0.3, -0.25) is 0 Å².